The van der Waals surface area contributed by atoms with E-state index < -0.39 is 43.3 Å². The molecule has 0 fully saturated rings. The number of fused-ring (bicyclic) bond motifs is 8. The van der Waals surface area contributed by atoms with Gasteiger partial charge in [-0.2, -0.15) is 0 Å². The Hall–Kier alpha value is -6.52. The smallest absolute Gasteiger partial charge is 0.657 e. The van der Waals surface area contributed by atoms with Crippen LogP contribution in [0.5, 0.6) is 11.5 Å². The summed E-state index contributed by atoms with van der Waals surface area (Å²) in [5.41, 5.74) is 14.0. The van der Waals surface area contributed by atoms with Crippen molar-refractivity contribution in [1.82, 2.24) is 19.9 Å². The summed E-state index contributed by atoms with van der Waals surface area (Å²) in [6.07, 6.45) is 8.27. The number of hydrogen-bond donors (Lipinski definition) is 4. The van der Waals surface area contributed by atoms with Gasteiger partial charge in [-0.15, -0.1) is 22.1 Å². The normalized spacial score (nSPS) is 16.2. The summed E-state index contributed by atoms with van der Waals surface area (Å²) in [6, 6.07) is 25.3. The molecule has 0 spiro atoms. The van der Waals surface area contributed by atoms with Gasteiger partial charge < -0.3 is 30.1 Å². The Morgan fingerprint density at radius 3 is 0.812 bits per heavy atom. The fourth-order valence-electron chi connectivity index (χ4n) is 12.0. The van der Waals surface area contributed by atoms with Crippen LogP contribution in [0.4, 0.5) is 0 Å². The average Bonchev–Trinajstić information content (AvgIpc) is 2.63. The van der Waals surface area contributed by atoms with Crippen LogP contribution in [-0.4, -0.2) is 55.7 Å². The van der Waals surface area contributed by atoms with E-state index >= 15 is 0 Å². The van der Waals surface area contributed by atoms with Gasteiger partial charge in [0.05, 0.1) is 0 Å². The van der Waals surface area contributed by atoms with Crippen molar-refractivity contribution >= 4 is 57.8 Å². The minimum Gasteiger partial charge on any atom is -0.657 e. The first-order valence-electron chi connectivity index (χ1n) is 30.0. The van der Waals surface area contributed by atoms with Crippen molar-refractivity contribution < 1.29 is 19.8 Å². The molecule has 2 aliphatic carbocycles. The topological polar surface area (TPSA) is 134 Å². The molecule has 5 heterocycles. The van der Waals surface area contributed by atoms with Gasteiger partial charge >= 0.3 is 23.9 Å². The van der Waals surface area contributed by atoms with Crippen molar-refractivity contribution in [3.8, 4) is 11.5 Å². The number of H-pyrrole nitrogens is 2. The van der Waals surface area contributed by atoms with Gasteiger partial charge in [-0.25, -0.2) is 0 Å². The monoisotopic (exact) mass is 1240 g/mol. The van der Waals surface area contributed by atoms with E-state index in [9.17, 15) is 19.8 Å². The zero-order valence-corrected chi connectivity index (χ0v) is 58.2. The molecule has 4 aromatic heterocycles. The van der Waals surface area contributed by atoms with E-state index in [4.69, 9.17) is 9.97 Å². The largest absolute Gasteiger partial charge is 2.00 e. The zero-order chi connectivity index (χ0) is 62.3. The summed E-state index contributed by atoms with van der Waals surface area (Å²) in [6.45, 7) is 50.8. The van der Waals surface area contributed by atoms with E-state index in [1.165, 1.54) is 0 Å². The molecular formula is C76H92N4O4Sn. The summed E-state index contributed by atoms with van der Waals surface area (Å²) in [5.74, 6) is 0.654. The maximum atomic E-state index is 14.7. The molecule has 9 rings (SSSR count). The Bertz CT molecular complexity index is 3660. The Balaban J connectivity index is 0.00000940. The molecule has 8 bridgehead atoms. The van der Waals surface area contributed by atoms with E-state index in [2.05, 4.69) is 273 Å². The molecule has 0 saturated carbocycles. The summed E-state index contributed by atoms with van der Waals surface area (Å²) in [5, 5.41) is 25.8. The second-order valence-electron chi connectivity index (χ2n) is 32.1. The maximum Gasteiger partial charge on any atom is 2.00 e. The molecule has 2 radical (unpaired) electrons. The minimum atomic E-state index is -0.484. The van der Waals surface area contributed by atoms with E-state index in [0.717, 1.165) is 123 Å². The Morgan fingerprint density at radius 1 is 0.329 bits per heavy atom. The fraction of sp³-hybridized carbons (Fsp3) is 0.421. The van der Waals surface area contributed by atoms with Gasteiger partial charge in [-0.05, 0) is 161 Å². The predicted molar refractivity (Wildman–Crippen MR) is 353 cm³/mol. The summed E-state index contributed by atoms with van der Waals surface area (Å²) >= 11 is 0. The molecule has 0 unspecified atom stereocenters. The molecule has 3 aliphatic rings. The number of rotatable bonds is 2. The fourth-order valence-corrected chi connectivity index (χ4v) is 12.0. The summed E-state index contributed by atoms with van der Waals surface area (Å²) < 4.78 is 0. The molecule has 9 heteroatoms. The van der Waals surface area contributed by atoms with Crippen LogP contribution in [0.2, 0.25) is 0 Å². The standard InChI is InChI=1S/C76H94N4O4.Sn/c1-69(2,3)45-33-41(34-46(65(45)81)70(4,5)6)61-53-25-27-55(77-53)62(42-35-47(71(7,8)9)66(82)48(36-42)72(10,11)12)57-29-31-59(79-57)64(44-39-51(75(19,20)21)68(84)52(40-44)76(22,23)24)60-32-30-58(80-60)63(56-28-26-54(61)78-56)43-37-49(73(13,14)15)67(83)50(38-43)74(16,17)18;/h25-40H,1-24H3,(H6,77,78,79,80,81,82,83,84);/q;+2/p-2. The molecule has 444 valence electrons. The molecule has 0 atom stereocenters. The number of nitrogens with zero attached hydrogens (tertiary/aromatic N) is 2. The van der Waals surface area contributed by atoms with Crippen LogP contribution in [0.15, 0.2) is 131 Å². The molecule has 8 nitrogen and oxygen atoms in total. The zero-order valence-electron chi connectivity index (χ0n) is 55.3. The number of Topliss-reactive ketones (excluding diaryl/α,β-unsaturated/α-hetero) is 2. The van der Waals surface area contributed by atoms with Gasteiger partial charge in [-0.1, -0.05) is 190 Å². The third-order valence-electron chi connectivity index (χ3n) is 16.8. The predicted octanol–water partition coefficient (Wildman–Crippen LogP) is 15.9. The number of phenolic OH excluding ortho intramolecular Hbond substituents is 2. The Kier molecular flexibility index (Phi) is 16.2. The van der Waals surface area contributed by atoms with Crippen molar-refractivity contribution in [2.75, 3.05) is 0 Å². The molecule has 85 heavy (non-hydrogen) atoms. The number of aromatic hydroxyl groups is 2. The summed E-state index contributed by atoms with van der Waals surface area (Å²) in [4.78, 5) is 48.8. The Morgan fingerprint density at radius 2 is 0.576 bits per heavy atom. The molecule has 4 N–H and O–H groups in total. The van der Waals surface area contributed by atoms with Crippen LogP contribution < -0.4 is 20.7 Å². The third kappa shape index (κ3) is 12.3. The average molecular weight is 1240 g/mol. The SMILES string of the molecule is CC(C)(C)C1=CC(=C2c3ccc([n-]3)C(=C3C=C(C(C)(C)C)C(=O)C(C(C)(C)C)=C3)c3ccc([nH]3)C(c3cc(C(C)(C)C)c(O)c(C(C)(C)C)c3)=c3ccc([n-]3)=C(c3cc(C(C)(C)C)c(O)c(C(C)(C)C)c3)c3ccc2[nH]3)C=C(C(C)(C)C)C1=O.[Sn+2]. The van der Waals surface area contributed by atoms with Gasteiger partial charge in [0.25, 0.3) is 0 Å². The maximum absolute atomic E-state index is 14.7. The number of carbonyl (C=O) groups is 2. The van der Waals surface area contributed by atoms with Crippen LogP contribution in [-0.2, 0) is 31.2 Å². The molecule has 2 aromatic carbocycles. The van der Waals surface area contributed by atoms with Crippen molar-refractivity contribution in [2.24, 2.45) is 21.7 Å². The quantitative estimate of drug-likeness (QED) is 0.127. The van der Waals surface area contributed by atoms with Gasteiger partial charge in [0, 0.05) is 67.3 Å². The Labute approximate surface area is 524 Å². The van der Waals surface area contributed by atoms with Gasteiger partial charge in [-0.3, -0.25) is 9.59 Å². The van der Waals surface area contributed by atoms with Gasteiger partial charge in [0.1, 0.15) is 11.5 Å². The van der Waals surface area contributed by atoms with E-state index in [1.807, 2.05) is 0 Å². The first-order valence-corrected chi connectivity index (χ1v) is 30.0. The van der Waals surface area contributed by atoms with Crippen molar-refractivity contribution in [3.63, 3.8) is 0 Å². The molecule has 1 aliphatic heterocycles. The number of aromatic nitrogens is 4. The number of phenols is 2. The van der Waals surface area contributed by atoms with Crippen molar-refractivity contribution in [2.45, 2.75) is 188 Å². The number of ketones is 2. The van der Waals surface area contributed by atoms with E-state index in [0.29, 0.717) is 11.4 Å². The number of nitrogens with one attached hydrogen (secondary N) is 2. The number of aromatic amines is 2. The van der Waals surface area contributed by atoms with Gasteiger partial charge in [0.15, 0.2) is 11.6 Å². The number of benzene rings is 2. The first kappa shape index (κ1) is 64.5. The van der Waals surface area contributed by atoms with E-state index in [-0.39, 0.29) is 47.0 Å². The number of carbonyl (C=O) groups excluding carboxylic acids is 2. The molecular weight excluding hydrogens is 1150 g/mol. The number of hydrogen-bond acceptors (Lipinski definition) is 4. The molecule has 0 saturated heterocycles. The van der Waals surface area contributed by atoms with Crippen molar-refractivity contribution in [3.05, 3.63) is 209 Å². The first-order chi connectivity index (χ1) is 38.3. The molecule has 0 amide bonds. The van der Waals surface area contributed by atoms with Gasteiger partial charge in [0.2, 0.25) is 0 Å². The van der Waals surface area contributed by atoms with Crippen LogP contribution in [0, 0.1) is 21.7 Å². The minimum absolute atomic E-state index is 0. The third-order valence-corrected chi connectivity index (χ3v) is 16.8. The van der Waals surface area contributed by atoms with Crippen LogP contribution in [0.1, 0.15) is 234 Å². The summed E-state index contributed by atoms with van der Waals surface area (Å²) in [7, 11) is 0. The number of allylic oxidation sites excluding steroid dienone is 10. The van der Waals surface area contributed by atoms with Crippen molar-refractivity contribution in [1.29, 1.82) is 0 Å². The van der Waals surface area contributed by atoms with Crippen LogP contribution >= 0.6 is 0 Å². The second-order valence-corrected chi connectivity index (χ2v) is 32.1. The van der Waals surface area contributed by atoms with Crippen LogP contribution in [0.3, 0.4) is 0 Å². The molecule has 6 aromatic rings. The second kappa shape index (κ2) is 21.4. The van der Waals surface area contributed by atoms with Crippen LogP contribution in [0.25, 0.3) is 22.3 Å². The van der Waals surface area contributed by atoms with E-state index in [1.54, 1.807) is 0 Å².